The standard InChI is InChI=1S/C28H25F3N2O5S/c1-15-10-21(35)26(27(36)32-8-6-18(34)7-9-32)20-13-25(16-2-4-22-23(11-16)38-14-37-22)39-24-5-3-17(28(29,30)31)12-19(24)33(15)20/h2-5,10-12,18,25,34H,6-9,13-14H2,1H3. The molecule has 0 radical (unpaired) electrons. The number of halogens is 3. The number of aryl methyl sites for hydroxylation is 1. The van der Waals surface area contributed by atoms with Crippen LogP contribution in [0.3, 0.4) is 0 Å². The number of pyridine rings is 1. The molecule has 39 heavy (non-hydrogen) atoms. The number of carbonyl (C=O) groups is 1. The van der Waals surface area contributed by atoms with E-state index in [4.69, 9.17) is 9.47 Å². The van der Waals surface area contributed by atoms with E-state index in [9.17, 15) is 27.9 Å². The molecule has 0 saturated carbocycles. The number of ether oxygens (including phenoxy) is 2. The molecule has 11 heteroatoms. The van der Waals surface area contributed by atoms with E-state index in [2.05, 4.69) is 0 Å². The van der Waals surface area contributed by atoms with Gasteiger partial charge in [-0.05, 0) is 55.7 Å². The first-order valence-corrected chi connectivity index (χ1v) is 13.5. The van der Waals surface area contributed by atoms with Crippen molar-refractivity contribution in [2.45, 2.75) is 48.6 Å². The Labute approximate surface area is 226 Å². The topological polar surface area (TPSA) is 81.0 Å². The van der Waals surface area contributed by atoms with Gasteiger partial charge in [-0.2, -0.15) is 13.2 Å². The number of alkyl halides is 3. The van der Waals surface area contributed by atoms with E-state index in [0.717, 1.165) is 17.7 Å². The quantitative estimate of drug-likeness (QED) is 0.483. The third kappa shape index (κ3) is 4.67. The Kier molecular flexibility index (Phi) is 6.38. The number of aliphatic hydroxyl groups excluding tert-OH is 1. The van der Waals surface area contributed by atoms with Gasteiger partial charge in [-0.3, -0.25) is 9.59 Å². The van der Waals surface area contributed by atoms with Crippen LogP contribution in [-0.2, 0) is 12.6 Å². The first-order chi connectivity index (χ1) is 18.6. The van der Waals surface area contributed by atoms with E-state index in [1.165, 1.54) is 23.9 Å². The molecular formula is C28H25F3N2O5S. The summed E-state index contributed by atoms with van der Waals surface area (Å²) in [6, 6.07) is 10.4. The summed E-state index contributed by atoms with van der Waals surface area (Å²) in [5.74, 6) is 0.693. The molecule has 0 aliphatic carbocycles. The van der Waals surface area contributed by atoms with Crippen molar-refractivity contribution in [1.29, 1.82) is 0 Å². The maximum Gasteiger partial charge on any atom is 0.416 e. The number of rotatable bonds is 2. The maximum atomic E-state index is 13.8. The van der Waals surface area contributed by atoms with Crippen molar-refractivity contribution >= 4 is 17.7 Å². The molecule has 1 fully saturated rings. The SMILES string of the molecule is Cc1cc(=O)c(C(=O)N2CCC(O)CC2)c2n1-c1cc(C(F)(F)F)ccc1SC(c1ccc3c(c1)OCO3)C2. The molecular weight excluding hydrogens is 533 g/mol. The second kappa shape index (κ2) is 9.63. The van der Waals surface area contributed by atoms with Crippen LogP contribution < -0.4 is 14.9 Å². The van der Waals surface area contributed by atoms with E-state index >= 15 is 0 Å². The molecule has 4 heterocycles. The average molecular weight is 559 g/mol. The normalized spacial score (nSPS) is 18.9. The summed E-state index contributed by atoms with van der Waals surface area (Å²) in [5, 5.41) is 9.58. The number of aromatic nitrogens is 1. The van der Waals surface area contributed by atoms with E-state index in [1.807, 2.05) is 12.1 Å². The molecule has 3 aromatic rings. The van der Waals surface area contributed by atoms with Gasteiger partial charge < -0.3 is 24.0 Å². The van der Waals surface area contributed by atoms with Gasteiger partial charge in [0.15, 0.2) is 16.9 Å². The fourth-order valence-electron chi connectivity index (χ4n) is 5.42. The van der Waals surface area contributed by atoms with Gasteiger partial charge in [-0.25, -0.2) is 0 Å². The minimum absolute atomic E-state index is 0.0476. The number of nitrogens with zero attached hydrogens (tertiary/aromatic N) is 2. The third-order valence-electron chi connectivity index (χ3n) is 7.41. The zero-order chi connectivity index (χ0) is 27.5. The van der Waals surface area contributed by atoms with Crippen molar-refractivity contribution in [3.63, 3.8) is 0 Å². The molecule has 2 aromatic carbocycles. The van der Waals surface area contributed by atoms with Gasteiger partial charge in [0.25, 0.3) is 5.91 Å². The highest BCUT2D eigenvalue weighted by molar-refractivity contribution is 7.99. The average Bonchev–Trinajstić information content (AvgIpc) is 3.29. The zero-order valence-corrected chi connectivity index (χ0v) is 21.8. The lowest BCUT2D eigenvalue weighted by Gasteiger charge is -2.30. The van der Waals surface area contributed by atoms with E-state index < -0.39 is 29.2 Å². The van der Waals surface area contributed by atoms with Crippen LogP contribution in [0, 0.1) is 6.92 Å². The van der Waals surface area contributed by atoms with Crippen LogP contribution >= 0.6 is 11.8 Å². The molecule has 1 aromatic heterocycles. The molecule has 1 unspecified atom stereocenters. The van der Waals surface area contributed by atoms with Crippen LogP contribution in [-0.4, -0.2) is 46.5 Å². The summed E-state index contributed by atoms with van der Waals surface area (Å²) >= 11 is 1.38. The van der Waals surface area contributed by atoms with Gasteiger partial charge >= 0.3 is 6.18 Å². The number of thioether (sulfide) groups is 1. The number of carbonyl (C=O) groups excluding carboxylic acids is 1. The Morgan fingerprint density at radius 2 is 1.79 bits per heavy atom. The van der Waals surface area contributed by atoms with Crippen molar-refractivity contribution in [3.05, 3.63) is 80.8 Å². The predicted molar refractivity (Wildman–Crippen MR) is 138 cm³/mol. The number of aliphatic hydroxyl groups is 1. The molecule has 1 saturated heterocycles. The van der Waals surface area contributed by atoms with Crippen molar-refractivity contribution < 1.29 is 32.5 Å². The van der Waals surface area contributed by atoms with Crippen molar-refractivity contribution in [1.82, 2.24) is 9.47 Å². The molecule has 1 atom stereocenters. The maximum absolute atomic E-state index is 13.8. The van der Waals surface area contributed by atoms with Gasteiger partial charge in [0.1, 0.15) is 5.56 Å². The lowest BCUT2D eigenvalue weighted by atomic mass is 9.99. The summed E-state index contributed by atoms with van der Waals surface area (Å²) in [7, 11) is 0. The molecule has 7 nitrogen and oxygen atoms in total. The largest absolute Gasteiger partial charge is 0.454 e. The Morgan fingerprint density at radius 3 is 2.54 bits per heavy atom. The molecule has 3 aliphatic rings. The van der Waals surface area contributed by atoms with Gasteiger partial charge in [-0.1, -0.05) is 6.07 Å². The van der Waals surface area contributed by atoms with E-state index in [-0.39, 0.29) is 29.7 Å². The van der Waals surface area contributed by atoms with Gasteiger partial charge in [0, 0.05) is 47.1 Å². The van der Waals surface area contributed by atoms with Gasteiger partial charge in [-0.15, -0.1) is 11.8 Å². The fraction of sp³-hybridized carbons (Fsp3) is 0.357. The minimum atomic E-state index is -4.57. The van der Waals surface area contributed by atoms with E-state index in [0.29, 0.717) is 53.7 Å². The highest BCUT2D eigenvalue weighted by atomic mass is 32.2. The van der Waals surface area contributed by atoms with Crippen molar-refractivity contribution in [2.75, 3.05) is 19.9 Å². The molecule has 6 rings (SSSR count). The number of fused-ring (bicyclic) bond motifs is 4. The number of piperidine rings is 1. The molecule has 0 bridgehead atoms. The summed E-state index contributed by atoms with van der Waals surface area (Å²) in [4.78, 5) is 29.3. The summed E-state index contributed by atoms with van der Waals surface area (Å²) in [6.45, 7) is 2.34. The highest BCUT2D eigenvalue weighted by Gasteiger charge is 2.35. The number of benzene rings is 2. The second-order valence-corrected chi connectivity index (χ2v) is 11.2. The van der Waals surface area contributed by atoms with Crippen molar-refractivity contribution in [2.24, 2.45) is 0 Å². The first-order valence-electron chi connectivity index (χ1n) is 12.6. The smallest absolute Gasteiger partial charge is 0.416 e. The minimum Gasteiger partial charge on any atom is -0.454 e. The Bertz CT molecular complexity index is 1530. The van der Waals surface area contributed by atoms with Gasteiger partial charge in [0.2, 0.25) is 6.79 Å². The molecule has 1 amide bonds. The summed E-state index contributed by atoms with van der Waals surface area (Å²) in [5.41, 5.74) is 0.571. The van der Waals surface area contributed by atoms with Crippen LogP contribution in [0.4, 0.5) is 13.2 Å². The van der Waals surface area contributed by atoms with Gasteiger partial charge in [0.05, 0.1) is 17.4 Å². The first kappa shape index (κ1) is 25.8. The number of hydrogen-bond acceptors (Lipinski definition) is 6. The van der Waals surface area contributed by atoms with E-state index in [1.54, 1.807) is 22.5 Å². The Hall–Kier alpha value is -3.44. The zero-order valence-electron chi connectivity index (χ0n) is 21.0. The highest BCUT2D eigenvalue weighted by Crippen LogP contribution is 2.47. The van der Waals surface area contributed by atoms with Crippen LogP contribution in [0.25, 0.3) is 5.69 Å². The molecule has 3 aliphatic heterocycles. The number of amides is 1. The third-order valence-corrected chi connectivity index (χ3v) is 8.73. The number of likely N-dealkylation sites (tertiary alicyclic amines) is 1. The number of hydrogen-bond donors (Lipinski definition) is 1. The second-order valence-electron chi connectivity index (χ2n) is 9.93. The summed E-state index contributed by atoms with van der Waals surface area (Å²) in [6.07, 6.45) is -4.06. The summed E-state index contributed by atoms with van der Waals surface area (Å²) < 4.78 is 53.9. The van der Waals surface area contributed by atoms with Crippen molar-refractivity contribution in [3.8, 4) is 17.2 Å². The van der Waals surface area contributed by atoms with Crippen LogP contribution in [0.5, 0.6) is 11.5 Å². The predicted octanol–water partition coefficient (Wildman–Crippen LogP) is 4.88. The fourth-order valence-corrected chi connectivity index (χ4v) is 6.66. The van der Waals surface area contributed by atoms with Crippen LogP contribution in [0.1, 0.15) is 51.0 Å². The molecule has 1 N–H and O–H groups in total. The van der Waals surface area contributed by atoms with Crippen LogP contribution in [0.2, 0.25) is 0 Å². The van der Waals surface area contributed by atoms with Crippen LogP contribution in [0.15, 0.2) is 52.2 Å². The Balaban J connectivity index is 1.55. The molecule has 204 valence electrons. The lowest BCUT2D eigenvalue weighted by Crippen LogP contribution is -2.42. The lowest BCUT2D eigenvalue weighted by molar-refractivity contribution is -0.137. The Morgan fingerprint density at radius 1 is 1.05 bits per heavy atom. The monoisotopic (exact) mass is 558 g/mol. The molecule has 0 spiro atoms.